The predicted molar refractivity (Wildman–Crippen MR) is 82.0 cm³/mol. The van der Waals surface area contributed by atoms with Crippen molar-refractivity contribution in [1.29, 1.82) is 0 Å². The second-order valence-corrected chi connectivity index (χ2v) is 5.10. The zero-order chi connectivity index (χ0) is 15.4. The summed E-state index contributed by atoms with van der Waals surface area (Å²) in [5.74, 6) is -0.895. The number of carboxylic acid groups (broad SMARTS) is 1. The summed E-state index contributed by atoms with van der Waals surface area (Å²) in [5.41, 5.74) is 1.06. The molecular formula is C15H12BrNO4. The summed E-state index contributed by atoms with van der Waals surface area (Å²) in [6.45, 7) is 0. The molecule has 0 spiro atoms. The van der Waals surface area contributed by atoms with E-state index in [-0.39, 0.29) is 11.5 Å². The number of hydrogen-bond acceptors (Lipinski definition) is 3. The molecule has 5 nitrogen and oxygen atoms in total. The quantitative estimate of drug-likeness (QED) is 0.886. The van der Waals surface area contributed by atoms with Crippen molar-refractivity contribution in [3.63, 3.8) is 0 Å². The number of carbonyl (C=O) groups is 2. The van der Waals surface area contributed by atoms with E-state index in [2.05, 4.69) is 21.2 Å². The maximum absolute atomic E-state index is 12.2. The van der Waals surface area contributed by atoms with E-state index in [0.717, 1.165) is 4.47 Å². The Morgan fingerprint density at radius 2 is 1.81 bits per heavy atom. The molecule has 0 aliphatic rings. The second kappa shape index (κ2) is 6.41. The molecule has 0 fully saturated rings. The highest BCUT2D eigenvalue weighted by molar-refractivity contribution is 9.10. The van der Waals surface area contributed by atoms with Crippen LogP contribution in [0.25, 0.3) is 0 Å². The van der Waals surface area contributed by atoms with Crippen LogP contribution in [0.3, 0.4) is 0 Å². The molecular weight excluding hydrogens is 338 g/mol. The summed E-state index contributed by atoms with van der Waals surface area (Å²) >= 11 is 3.31. The summed E-state index contributed by atoms with van der Waals surface area (Å²) in [6, 6.07) is 11.0. The van der Waals surface area contributed by atoms with E-state index in [4.69, 9.17) is 9.84 Å². The van der Waals surface area contributed by atoms with Crippen molar-refractivity contribution < 1.29 is 19.4 Å². The highest BCUT2D eigenvalue weighted by Gasteiger charge is 2.13. The van der Waals surface area contributed by atoms with Crippen LogP contribution in [0.5, 0.6) is 5.75 Å². The van der Waals surface area contributed by atoms with Crippen LogP contribution in [0.4, 0.5) is 5.69 Å². The monoisotopic (exact) mass is 349 g/mol. The van der Waals surface area contributed by atoms with E-state index in [1.807, 2.05) is 0 Å². The Hall–Kier alpha value is -2.34. The Morgan fingerprint density at radius 3 is 2.38 bits per heavy atom. The van der Waals surface area contributed by atoms with E-state index < -0.39 is 5.97 Å². The van der Waals surface area contributed by atoms with Gasteiger partial charge in [0.25, 0.3) is 5.91 Å². The molecule has 0 unspecified atom stereocenters. The molecule has 0 heterocycles. The first-order chi connectivity index (χ1) is 10.0. The molecule has 2 rings (SSSR count). The zero-order valence-corrected chi connectivity index (χ0v) is 12.7. The van der Waals surface area contributed by atoms with Gasteiger partial charge in [0.05, 0.1) is 18.2 Å². The minimum atomic E-state index is -1.01. The molecule has 0 aliphatic carbocycles. The van der Waals surface area contributed by atoms with Crippen LogP contribution >= 0.6 is 15.9 Å². The number of carbonyl (C=O) groups excluding carboxylic acids is 1. The van der Waals surface area contributed by atoms with Crippen LogP contribution < -0.4 is 10.1 Å². The third kappa shape index (κ3) is 3.61. The molecule has 0 bridgehead atoms. The fourth-order valence-electron chi connectivity index (χ4n) is 1.75. The molecule has 0 saturated heterocycles. The van der Waals surface area contributed by atoms with Crippen LogP contribution in [0.1, 0.15) is 20.7 Å². The molecule has 2 aromatic rings. The van der Waals surface area contributed by atoms with Crippen LogP contribution in [0.15, 0.2) is 46.9 Å². The maximum atomic E-state index is 12.2. The fourth-order valence-corrected chi connectivity index (χ4v) is 2.09. The molecule has 6 heteroatoms. The van der Waals surface area contributed by atoms with Gasteiger partial charge in [0, 0.05) is 10.2 Å². The molecule has 0 aliphatic heterocycles. The molecule has 0 radical (unpaired) electrons. The lowest BCUT2D eigenvalue weighted by Gasteiger charge is -2.10. The van der Waals surface area contributed by atoms with Gasteiger partial charge in [-0.2, -0.15) is 0 Å². The number of carboxylic acids is 1. The Morgan fingerprint density at radius 1 is 1.14 bits per heavy atom. The van der Waals surface area contributed by atoms with Gasteiger partial charge in [-0.1, -0.05) is 15.9 Å². The molecule has 0 aromatic heterocycles. The molecule has 0 saturated carbocycles. The van der Waals surface area contributed by atoms with Crippen molar-refractivity contribution in [2.75, 3.05) is 12.4 Å². The fraction of sp³-hybridized carbons (Fsp3) is 0.0667. The van der Waals surface area contributed by atoms with Crippen LogP contribution in [0, 0.1) is 0 Å². The summed E-state index contributed by atoms with van der Waals surface area (Å²) in [6.07, 6.45) is 0. The number of nitrogens with one attached hydrogen (secondary N) is 1. The average Bonchev–Trinajstić information content (AvgIpc) is 2.47. The third-order valence-electron chi connectivity index (χ3n) is 2.80. The number of rotatable bonds is 4. The average molecular weight is 350 g/mol. The van der Waals surface area contributed by atoms with Crippen molar-refractivity contribution in [2.24, 2.45) is 0 Å². The highest BCUT2D eigenvalue weighted by Crippen LogP contribution is 2.24. The standard InChI is InChI=1S/C15H12BrNO4/c1-21-13-8-10(16)4-7-12(13)14(18)17-11-5-2-9(3-6-11)15(19)20/h2-8H,1H3,(H,17,18)(H,19,20). The van der Waals surface area contributed by atoms with Crippen molar-refractivity contribution in [2.45, 2.75) is 0 Å². The number of amides is 1. The lowest BCUT2D eigenvalue weighted by Crippen LogP contribution is -2.13. The van der Waals surface area contributed by atoms with Gasteiger partial charge < -0.3 is 15.2 Å². The number of hydrogen-bond donors (Lipinski definition) is 2. The van der Waals surface area contributed by atoms with Crippen molar-refractivity contribution >= 4 is 33.5 Å². The van der Waals surface area contributed by atoms with Crippen LogP contribution in [0.2, 0.25) is 0 Å². The van der Waals surface area contributed by atoms with E-state index in [9.17, 15) is 9.59 Å². The van der Waals surface area contributed by atoms with Crippen molar-refractivity contribution in [1.82, 2.24) is 0 Å². The number of ether oxygens (including phenoxy) is 1. The van der Waals surface area contributed by atoms with Gasteiger partial charge in [-0.25, -0.2) is 4.79 Å². The summed E-state index contributed by atoms with van der Waals surface area (Å²) in [7, 11) is 1.49. The first-order valence-electron chi connectivity index (χ1n) is 5.99. The number of methoxy groups -OCH3 is 1. The Kier molecular flexibility index (Phi) is 4.59. The summed E-state index contributed by atoms with van der Waals surface area (Å²) in [5, 5.41) is 11.5. The van der Waals surface area contributed by atoms with E-state index in [0.29, 0.717) is 17.0 Å². The molecule has 21 heavy (non-hydrogen) atoms. The minimum Gasteiger partial charge on any atom is -0.496 e. The summed E-state index contributed by atoms with van der Waals surface area (Å²) < 4.78 is 5.97. The Labute approximate surface area is 129 Å². The van der Waals surface area contributed by atoms with Crippen molar-refractivity contribution in [3.05, 3.63) is 58.1 Å². The third-order valence-corrected chi connectivity index (χ3v) is 3.29. The predicted octanol–water partition coefficient (Wildman–Crippen LogP) is 3.41. The lowest BCUT2D eigenvalue weighted by molar-refractivity contribution is 0.0696. The van der Waals surface area contributed by atoms with Gasteiger partial charge in [0.1, 0.15) is 5.75 Å². The smallest absolute Gasteiger partial charge is 0.335 e. The van der Waals surface area contributed by atoms with Gasteiger partial charge in [-0.05, 0) is 42.5 Å². The normalized spacial score (nSPS) is 10.0. The Balaban J connectivity index is 2.19. The molecule has 1 amide bonds. The van der Waals surface area contributed by atoms with Gasteiger partial charge in [-0.15, -0.1) is 0 Å². The molecule has 2 N–H and O–H groups in total. The van der Waals surface area contributed by atoms with Gasteiger partial charge in [0.15, 0.2) is 0 Å². The minimum absolute atomic E-state index is 0.161. The van der Waals surface area contributed by atoms with E-state index in [1.165, 1.54) is 31.4 Å². The van der Waals surface area contributed by atoms with Crippen molar-refractivity contribution in [3.8, 4) is 5.75 Å². The van der Waals surface area contributed by atoms with Gasteiger partial charge >= 0.3 is 5.97 Å². The van der Waals surface area contributed by atoms with Gasteiger partial charge in [-0.3, -0.25) is 4.79 Å². The molecule has 108 valence electrons. The number of benzene rings is 2. The van der Waals surface area contributed by atoms with E-state index >= 15 is 0 Å². The molecule has 0 atom stereocenters. The second-order valence-electron chi connectivity index (χ2n) is 4.18. The van der Waals surface area contributed by atoms with Crippen LogP contribution in [-0.4, -0.2) is 24.1 Å². The van der Waals surface area contributed by atoms with E-state index in [1.54, 1.807) is 18.2 Å². The van der Waals surface area contributed by atoms with Crippen LogP contribution in [-0.2, 0) is 0 Å². The first kappa shape index (κ1) is 15.1. The zero-order valence-electron chi connectivity index (χ0n) is 11.1. The number of aromatic carboxylic acids is 1. The number of anilines is 1. The summed E-state index contributed by atoms with van der Waals surface area (Å²) in [4.78, 5) is 23.0. The number of halogens is 1. The topological polar surface area (TPSA) is 75.6 Å². The lowest BCUT2D eigenvalue weighted by atomic mass is 10.1. The molecule has 2 aromatic carbocycles. The highest BCUT2D eigenvalue weighted by atomic mass is 79.9. The Bertz CT molecular complexity index is 683. The van der Waals surface area contributed by atoms with Gasteiger partial charge in [0.2, 0.25) is 0 Å². The SMILES string of the molecule is COc1cc(Br)ccc1C(=O)Nc1ccc(C(=O)O)cc1. The largest absolute Gasteiger partial charge is 0.496 e. The maximum Gasteiger partial charge on any atom is 0.335 e. The first-order valence-corrected chi connectivity index (χ1v) is 6.79.